The van der Waals surface area contributed by atoms with Crippen LogP contribution >= 0.6 is 0 Å². The van der Waals surface area contributed by atoms with Crippen LogP contribution in [0, 0.1) is 5.41 Å². The smallest absolute Gasteiger partial charge is 0.376 e. The molecule has 1 nitrogen and oxygen atoms in total. The van der Waals surface area contributed by atoms with Gasteiger partial charge in [0.1, 0.15) is 0 Å². The Bertz CT molecular complexity index is 467. The standard InChI is InChI=1S/C13H14F6O/c1-10(2,3)11(20,13(17,18)19)8-5-4-6-9(7-8)12(14,15)16/h4-7,20H,1-3H3. The van der Waals surface area contributed by atoms with Crippen LogP contribution in [-0.4, -0.2) is 11.3 Å². The fourth-order valence-corrected chi connectivity index (χ4v) is 1.94. The van der Waals surface area contributed by atoms with E-state index in [1.807, 2.05) is 0 Å². The molecule has 0 fully saturated rings. The second-order valence-electron chi connectivity index (χ2n) is 5.54. The first-order valence-electron chi connectivity index (χ1n) is 5.68. The van der Waals surface area contributed by atoms with Crippen molar-refractivity contribution < 1.29 is 31.4 Å². The van der Waals surface area contributed by atoms with E-state index < -0.39 is 34.5 Å². The Balaban J connectivity index is 3.53. The lowest BCUT2D eigenvalue weighted by Crippen LogP contribution is -2.52. The molecule has 0 radical (unpaired) electrons. The van der Waals surface area contributed by atoms with Crippen LogP contribution in [0.3, 0.4) is 0 Å². The Morgan fingerprint density at radius 1 is 0.850 bits per heavy atom. The van der Waals surface area contributed by atoms with Crippen molar-refractivity contribution >= 4 is 0 Å². The number of hydrogen-bond donors (Lipinski definition) is 1. The maximum Gasteiger partial charge on any atom is 0.421 e. The molecule has 0 heterocycles. The van der Waals surface area contributed by atoms with Gasteiger partial charge in [0.2, 0.25) is 0 Å². The van der Waals surface area contributed by atoms with Gasteiger partial charge in [-0.2, -0.15) is 26.3 Å². The maximum atomic E-state index is 13.2. The summed E-state index contributed by atoms with van der Waals surface area (Å²) in [6.45, 7) is 3.34. The van der Waals surface area contributed by atoms with Crippen LogP contribution in [0.4, 0.5) is 26.3 Å². The molecule has 20 heavy (non-hydrogen) atoms. The molecule has 0 aliphatic carbocycles. The Morgan fingerprint density at radius 3 is 1.65 bits per heavy atom. The van der Waals surface area contributed by atoms with E-state index in [1.165, 1.54) is 0 Å². The lowest BCUT2D eigenvalue weighted by atomic mass is 9.71. The minimum atomic E-state index is -5.10. The van der Waals surface area contributed by atoms with E-state index in [0.29, 0.717) is 12.1 Å². The third-order valence-corrected chi connectivity index (χ3v) is 3.10. The molecule has 0 amide bonds. The number of benzene rings is 1. The van der Waals surface area contributed by atoms with E-state index >= 15 is 0 Å². The summed E-state index contributed by atoms with van der Waals surface area (Å²) in [4.78, 5) is 0. The average Bonchev–Trinajstić information content (AvgIpc) is 2.24. The van der Waals surface area contributed by atoms with Crippen LogP contribution in [0.15, 0.2) is 24.3 Å². The van der Waals surface area contributed by atoms with Crippen molar-refractivity contribution in [3.63, 3.8) is 0 Å². The Morgan fingerprint density at radius 2 is 1.30 bits per heavy atom. The molecular weight excluding hydrogens is 286 g/mol. The summed E-state index contributed by atoms with van der Waals surface area (Å²) in [5.41, 5.74) is -7.16. The van der Waals surface area contributed by atoms with Crippen LogP contribution < -0.4 is 0 Å². The number of alkyl halides is 6. The van der Waals surface area contributed by atoms with Crippen molar-refractivity contribution in [3.8, 4) is 0 Å². The van der Waals surface area contributed by atoms with Crippen LogP contribution in [0.1, 0.15) is 31.9 Å². The van der Waals surface area contributed by atoms with E-state index in [1.54, 1.807) is 0 Å². The van der Waals surface area contributed by atoms with E-state index in [0.717, 1.165) is 32.9 Å². The van der Waals surface area contributed by atoms with Gasteiger partial charge >= 0.3 is 12.4 Å². The topological polar surface area (TPSA) is 20.2 Å². The van der Waals surface area contributed by atoms with Gasteiger partial charge in [-0.3, -0.25) is 0 Å². The Kier molecular flexibility index (Phi) is 3.91. The minimum Gasteiger partial charge on any atom is -0.376 e. The third-order valence-electron chi connectivity index (χ3n) is 3.10. The van der Waals surface area contributed by atoms with Gasteiger partial charge in [0.05, 0.1) is 5.56 Å². The molecule has 0 bridgehead atoms. The van der Waals surface area contributed by atoms with Crippen LogP contribution in [0.5, 0.6) is 0 Å². The van der Waals surface area contributed by atoms with Gasteiger partial charge in [-0.05, 0) is 17.7 Å². The predicted octanol–water partition coefficient (Wildman–Crippen LogP) is 4.50. The van der Waals surface area contributed by atoms with E-state index in [9.17, 15) is 31.4 Å². The quantitative estimate of drug-likeness (QED) is 0.757. The zero-order valence-electron chi connectivity index (χ0n) is 11.0. The number of rotatable bonds is 1. The minimum absolute atomic E-state index is 0.332. The summed E-state index contributed by atoms with van der Waals surface area (Å²) in [7, 11) is 0. The highest BCUT2D eigenvalue weighted by molar-refractivity contribution is 5.32. The van der Waals surface area contributed by atoms with Crippen molar-refractivity contribution in [2.45, 2.75) is 38.7 Å². The van der Waals surface area contributed by atoms with E-state index in [-0.39, 0.29) is 0 Å². The highest BCUT2D eigenvalue weighted by atomic mass is 19.4. The summed E-state index contributed by atoms with van der Waals surface area (Å²) in [6, 6.07) is 2.68. The average molecular weight is 300 g/mol. The molecule has 1 aromatic rings. The second-order valence-corrected chi connectivity index (χ2v) is 5.54. The van der Waals surface area contributed by atoms with Gasteiger partial charge in [-0.1, -0.05) is 32.9 Å². The van der Waals surface area contributed by atoms with Crippen molar-refractivity contribution in [2.75, 3.05) is 0 Å². The molecule has 1 unspecified atom stereocenters. The van der Waals surface area contributed by atoms with Crippen LogP contribution in [0.2, 0.25) is 0 Å². The Labute approximate surface area is 112 Å². The molecule has 0 spiro atoms. The van der Waals surface area contributed by atoms with Gasteiger partial charge in [-0.25, -0.2) is 0 Å². The molecule has 0 aliphatic heterocycles. The Hall–Kier alpha value is -1.24. The molecule has 0 saturated heterocycles. The van der Waals surface area contributed by atoms with Crippen molar-refractivity contribution in [1.82, 2.24) is 0 Å². The SMILES string of the molecule is CC(C)(C)C(O)(c1cccc(C(F)(F)F)c1)C(F)(F)F. The molecule has 1 aromatic carbocycles. The number of halogens is 6. The molecule has 0 aliphatic rings. The number of aliphatic hydroxyl groups is 1. The van der Waals surface area contributed by atoms with Crippen LogP contribution in [0.25, 0.3) is 0 Å². The fraction of sp³-hybridized carbons (Fsp3) is 0.538. The molecule has 1 atom stereocenters. The molecule has 7 heteroatoms. The zero-order chi connectivity index (χ0) is 16.0. The van der Waals surface area contributed by atoms with Gasteiger partial charge < -0.3 is 5.11 Å². The second kappa shape index (κ2) is 4.65. The molecule has 0 aromatic heterocycles. The van der Waals surface area contributed by atoms with Crippen molar-refractivity contribution in [2.24, 2.45) is 5.41 Å². The zero-order valence-corrected chi connectivity index (χ0v) is 11.0. The summed E-state index contributed by atoms with van der Waals surface area (Å²) >= 11 is 0. The first-order valence-corrected chi connectivity index (χ1v) is 5.68. The van der Waals surface area contributed by atoms with Gasteiger partial charge in [-0.15, -0.1) is 0 Å². The van der Waals surface area contributed by atoms with Crippen LogP contribution in [-0.2, 0) is 11.8 Å². The monoisotopic (exact) mass is 300 g/mol. The molecule has 114 valence electrons. The van der Waals surface area contributed by atoms with Crippen molar-refractivity contribution in [3.05, 3.63) is 35.4 Å². The number of hydrogen-bond acceptors (Lipinski definition) is 1. The highest BCUT2D eigenvalue weighted by Gasteiger charge is 2.61. The first kappa shape index (κ1) is 16.8. The molecule has 1 rings (SSSR count). The molecule has 1 N–H and O–H groups in total. The third kappa shape index (κ3) is 2.77. The summed E-state index contributed by atoms with van der Waals surface area (Å²) in [5.74, 6) is 0. The summed E-state index contributed by atoms with van der Waals surface area (Å²) in [5, 5.41) is 10.1. The largest absolute Gasteiger partial charge is 0.421 e. The first-order chi connectivity index (χ1) is 8.71. The summed E-state index contributed by atoms with van der Waals surface area (Å²) in [6.07, 6.45) is -9.88. The lowest BCUT2D eigenvalue weighted by molar-refractivity contribution is -0.302. The predicted molar refractivity (Wildman–Crippen MR) is 60.9 cm³/mol. The van der Waals surface area contributed by atoms with Gasteiger partial charge in [0.15, 0.2) is 5.60 Å². The van der Waals surface area contributed by atoms with Gasteiger partial charge in [0, 0.05) is 5.41 Å². The van der Waals surface area contributed by atoms with E-state index in [2.05, 4.69) is 0 Å². The van der Waals surface area contributed by atoms with E-state index in [4.69, 9.17) is 0 Å². The highest BCUT2D eigenvalue weighted by Crippen LogP contribution is 2.51. The maximum absolute atomic E-state index is 13.2. The summed E-state index contributed by atoms with van der Waals surface area (Å²) < 4.78 is 77.3. The molecular formula is C13H14F6O. The molecule has 0 saturated carbocycles. The van der Waals surface area contributed by atoms with Gasteiger partial charge in [0.25, 0.3) is 0 Å². The lowest BCUT2D eigenvalue weighted by Gasteiger charge is -2.42. The van der Waals surface area contributed by atoms with Crippen molar-refractivity contribution in [1.29, 1.82) is 0 Å². The fourth-order valence-electron chi connectivity index (χ4n) is 1.94. The normalized spacial score (nSPS) is 16.9.